The lowest BCUT2D eigenvalue weighted by molar-refractivity contribution is -0.137. The number of aromatic nitrogens is 2. The molecule has 2 aromatic heterocycles. The molecule has 3 aliphatic heterocycles. The summed E-state index contributed by atoms with van der Waals surface area (Å²) in [5.74, 6) is 0.666. The van der Waals surface area contributed by atoms with E-state index >= 15 is 0 Å². The zero-order valence-electron chi connectivity index (χ0n) is 19.6. The Labute approximate surface area is 213 Å². The van der Waals surface area contributed by atoms with E-state index in [1.54, 1.807) is 17.7 Å². The van der Waals surface area contributed by atoms with Gasteiger partial charge in [0.2, 0.25) is 11.8 Å². The van der Waals surface area contributed by atoms with Crippen LogP contribution in [0.2, 0.25) is 0 Å². The molecule has 3 aromatic rings. The summed E-state index contributed by atoms with van der Waals surface area (Å²) < 4.78 is 0. The molecule has 2 atom stereocenters. The fourth-order valence-corrected chi connectivity index (χ4v) is 6.88. The van der Waals surface area contributed by atoms with Gasteiger partial charge in [0.05, 0.1) is 16.8 Å². The number of hydrogen-bond acceptors (Lipinski definition) is 9. The standard InChI is InChI=1S/C25H28N6O2S2/c1-15-13-35-24-21(15)22(26-14-27-24)30-8-6-29(7-9-30)11-16-2-3-18-17(10-16)12-31(25(18)34)19-4-5-20(32)28-23(19)33/h2-3,10,13-14,19,25,34H,4-9,11-12H2,1H3,(H,28,32,33). The van der Waals surface area contributed by atoms with Crippen molar-refractivity contribution in [3.63, 3.8) is 0 Å². The summed E-state index contributed by atoms with van der Waals surface area (Å²) in [4.78, 5) is 41.0. The third kappa shape index (κ3) is 4.22. The molecule has 10 heteroatoms. The number of piperazine rings is 1. The number of aryl methyl sites for hydroxylation is 1. The number of thiophene rings is 1. The maximum absolute atomic E-state index is 12.4. The van der Waals surface area contributed by atoms with Gasteiger partial charge in [0.25, 0.3) is 0 Å². The van der Waals surface area contributed by atoms with Gasteiger partial charge in [0.1, 0.15) is 17.0 Å². The van der Waals surface area contributed by atoms with Crippen LogP contribution < -0.4 is 10.2 Å². The van der Waals surface area contributed by atoms with Crippen molar-refractivity contribution >= 4 is 51.8 Å². The van der Waals surface area contributed by atoms with Crippen molar-refractivity contribution in [2.75, 3.05) is 31.1 Å². The average Bonchev–Trinajstić information content (AvgIpc) is 3.39. The third-order valence-corrected chi connectivity index (χ3v) is 8.95. The number of carbonyl (C=O) groups excluding carboxylic acids is 2. The van der Waals surface area contributed by atoms with Gasteiger partial charge in [-0.1, -0.05) is 18.2 Å². The van der Waals surface area contributed by atoms with Gasteiger partial charge in [-0.3, -0.25) is 24.7 Å². The zero-order valence-corrected chi connectivity index (χ0v) is 21.3. The second-order valence-corrected chi connectivity index (χ2v) is 11.0. The quantitative estimate of drug-likeness (QED) is 0.414. The predicted molar refractivity (Wildman–Crippen MR) is 140 cm³/mol. The van der Waals surface area contributed by atoms with Crippen molar-refractivity contribution in [2.24, 2.45) is 0 Å². The van der Waals surface area contributed by atoms with Crippen molar-refractivity contribution in [1.29, 1.82) is 0 Å². The number of rotatable bonds is 4. The second-order valence-electron chi connectivity index (χ2n) is 9.61. The van der Waals surface area contributed by atoms with Crippen LogP contribution in [-0.2, 0) is 22.7 Å². The molecule has 2 fully saturated rings. The summed E-state index contributed by atoms with van der Waals surface area (Å²) in [6.07, 6.45) is 2.61. The molecule has 1 N–H and O–H groups in total. The zero-order chi connectivity index (χ0) is 24.1. The normalized spacial score (nSPS) is 23.7. The van der Waals surface area contributed by atoms with E-state index in [0.717, 1.165) is 48.9 Å². The van der Waals surface area contributed by atoms with E-state index in [2.05, 4.69) is 60.5 Å². The Hall–Kier alpha value is -2.53. The molecule has 0 radical (unpaired) electrons. The van der Waals surface area contributed by atoms with Crippen LogP contribution in [0.3, 0.4) is 0 Å². The lowest BCUT2D eigenvalue weighted by Gasteiger charge is -2.35. The van der Waals surface area contributed by atoms with E-state index in [-0.39, 0.29) is 23.2 Å². The highest BCUT2D eigenvalue weighted by Gasteiger charge is 2.39. The van der Waals surface area contributed by atoms with Crippen LogP contribution in [-0.4, -0.2) is 63.8 Å². The van der Waals surface area contributed by atoms with Crippen molar-refractivity contribution in [2.45, 2.75) is 44.3 Å². The molecule has 2 amide bonds. The van der Waals surface area contributed by atoms with Crippen molar-refractivity contribution < 1.29 is 9.59 Å². The number of carbonyl (C=O) groups is 2. The number of nitrogens with zero attached hydrogens (tertiary/aromatic N) is 5. The number of amides is 2. The molecular weight excluding hydrogens is 480 g/mol. The Bertz CT molecular complexity index is 1300. The first kappa shape index (κ1) is 22.9. The summed E-state index contributed by atoms with van der Waals surface area (Å²) in [6.45, 7) is 7.54. The lowest BCUT2D eigenvalue weighted by Crippen LogP contribution is -2.51. The van der Waals surface area contributed by atoms with Crippen LogP contribution in [0.5, 0.6) is 0 Å². The van der Waals surface area contributed by atoms with Crippen molar-refractivity contribution in [1.82, 2.24) is 25.1 Å². The Morgan fingerprint density at radius 1 is 1.17 bits per heavy atom. The monoisotopic (exact) mass is 508 g/mol. The highest BCUT2D eigenvalue weighted by Crippen LogP contribution is 2.39. The maximum atomic E-state index is 12.4. The van der Waals surface area contributed by atoms with E-state index in [0.29, 0.717) is 19.4 Å². The molecule has 0 bridgehead atoms. The molecule has 5 heterocycles. The fraction of sp³-hybridized carbons (Fsp3) is 0.440. The van der Waals surface area contributed by atoms with Gasteiger partial charge in [-0.2, -0.15) is 12.6 Å². The van der Waals surface area contributed by atoms with Gasteiger partial charge >= 0.3 is 0 Å². The summed E-state index contributed by atoms with van der Waals surface area (Å²) in [6, 6.07) is 6.30. The van der Waals surface area contributed by atoms with Crippen LogP contribution in [0, 0.1) is 6.92 Å². The topological polar surface area (TPSA) is 81.7 Å². The highest BCUT2D eigenvalue weighted by atomic mass is 32.1. The number of thiol groups is 1. The Balaban J connectivity index is 1.11. The minimum Gasteiger partial charge on any atom is -0.353 e. The van der Waals surface area contributed by atoms with E-state index in [9.17, 15) is 9.59 Å². The molecule has 6 rings (SSSR count). The van der Waals surface area contributed by atoms with Crippen LogP contribution in [0.25, 0.3) is 10.2 Å². The minimum atomic E-state index is -0.306. The maximum Gasteiger partial charge on any atom is 0.243 e. The van der Waals surface area contributed by atoms with Crippen LogP contribution in [0.1, 0.15) is 40.5 Å². The Kier molecular flexibility index (Phi) is 6.00. The van der Waals surface area contributed by atoms with Gasteiger partial charge in [-0.25, -0.2) is 9.97 Å². The van der Waals surface area contributed by atoms with Gasteiger partial charge in [0, 0.05) is 45.7 Å². The molecule has 3 aliphatic rings. The first-order chi connectivity index (χ1) is 17.0. The van der Waals surface area contributed by atoms with E-state index in [4.69, 9.17) is 12.6 Å². The molecule has 182 valence electrons. The van der Waals surface area contributed by atoms with Gasteiger partial charge < -0.3 is 4.90 Å². The smallest absolute Gasteiger partial charge is 0.243 e. The number of hydrogen-bond donors (Lipinski definition) is 2. The summed E-state index contributed by atoms with van der Waals surface area (Å²) in [5.41, 5.74) is 4.91. The van der Waals surface area contributed by atoms with E-state index < -0.39 is 0 Å². The van der Waals surface area contributed by atoms with Gasteiger partial charge in [-0.15, -0.1) is 11.3 Å². The van der Waals surface area contributed by atoms with E-state index in [1.165, 1.54) is 22.1 Å². The van der Waals surface area contributed by atoms with Crippen molar-refractivity contribution in [3.8, 4) is 0 Å². The molecule has 8 nitrogen and oxygen atoms in total. The highest BCUT2D eigenvalue weighted by molar-refractivity contribution is 7.80. The molecule has 2 saturated heterocycles. The Morgan fingerprint density at radius 3 is 2.80 bits per heavy atom. The van der Waals surface area contributed by atoms with E-state index in [1.807, 2.05) is 0 Å². The number of anilines is 1. The second kappa shape index (κ2) is 9.16. The van der Waals surface area contributed by atoms with Crippen LogP contribution >= 0.6 is 24.0 Å². The molecular formula is C25H28N6O2S2. The third-order valence-electron chi connectivity index (χ3n) is 7.38. The number of nitrogens with one attached hydrogen (secondary N) is 1. The number of imide groups is 1. The fourth-order valence-electron chi connectivity index (χ4n) is 5.50. The molecule has 2 unspecified atom stereocenters. The number of piperidine rings is 1. The summed E-state index contributed by atoms with van der Waals surface area (Å²) in [7, 11) is 0. The Morgan fingerprint density at radius 2 is 2.00 bits per heavy atom. The lowest BCUT2D eigenvalue weighted by atomic mass is 10.0. The average molecular weight is 509 g/mol. The molecule has 0 saturated carbocycles. The van der Waals surface area contributed by atoms with Crippen LogP contribution in [0.4, 0.5) is 5.82 Å². The van der Waals surface area contributed by atoms with Crippen LogP contribution in [0.15, 0.2) is 29.9 Å². The molecule has 35 heavy (non-hydrogen) atoms. The SMILES string of the molecule is Cc1csc2ncnc(N3CCN(Cc4ccc5c(c4)CN(C4CCC(=O)NC4=O)C5S)CC3)c12. The number of benzene rings is 1. The largest absolute Gasteiger partial charge is 0.353 e. The molecule has 1 aromatic carbocycles. The predicted octanol–water partition coefficient (Wildman–Crippen LogP) is 2.87. The summed E-state index contributed by atoms with van der Waals surface area (Å²) in [5, 5.41) is 5.69. The summed E-state index contributed by atoms with van der Waals surface area (Å²) >= 11 is 6.49. The molecule has 0 aliphatic carbocycles. The molecule has 0 spiro atoms. The number of fused-ring (bicyclic) bond motifs is 2. The van der Waals surface area contributed by atoms with Gasteiger partial charge in [-0.05, 0) is 41.0 Å². The van der Waals surface area contributed by atoms with Gasteiger partial charge in [0.15, 0.2) is 0 Å². The first-order valence-corrected chi connectivity index (χ1v) is 13.4. The van der Waals surface area contributed by atoms with Crippen molar-refractivity contribution in [3.05, 3.63) is 52.2 Å². The first-order valence-electron chi connectivity index (χ1n) is 12.0. The minimum absolute atomic E-state index is 0.128.